The summed E-state index contributed by atoms with van der Waals surface area (Å²) in [4.78, 5) is 24.3. The van der Waals surface area contributed by atoms with Crippen LogP contribution in [0.5, 0.6) is 17.2 Å². The summed E-state index contributed by atoms with van der Waals surface area (Å²) in [5.41, 5.74) is 7.16. The molecule has 0 radical (unpaired) electrons. The summed E-state index contributed by atoms with van der Waals surface area (Å²) >= 11 is 0. The Bertz CT molecular complexity index is 1220. The summed E-state index contributed by atoms with van der Waals surface area (Å²) in [6.45, 7) is 5.71. The van der Waals surface area contributed by atoms with E-state index in [0.717, 1.165) is 23.1 Å². The van der Waals surface area contributed by atoms with Crippen LogP contribution in [-0.2, 0) is 16.0 Å². The highest BCUT2D eigenvalue weighted by molar-refractivity contribution is 5.92. The van der Waals surface area contributed by atoms with Gasteiger partial charge in [-0.05, 0) is 79.4 Å². The molecule has 0 saturated heterocycles. The molecule has 36 heavy (non-hydrogen) atoms. The first kappa shape index (κ1) is 26.3. The molecule has 8 heteroatoms. The third-order valence-corrected chi connectivity index (χ3v) is 5.17. The minimum Gasteiger partial charge on any atom is -0.493 e. The minimum atomic E-state index is -0.377. The molecule has 0 unspecified atom stereocenters. The molecule has 0 atom stereocenters. The number of hydrazone groups is 1. The molecule has 0 bridgehead atoms. The molecular weight excluding hydrogens is 458 g/mol. The first-order valence-electron chi connectivity index (χ1n) is 11.6. The lowest BCUT2D eigenvalue weighted by molar-refractivity contribution is -0.123. The van der Waals surface area contributed by atoms with E-state index in [1.165, 1.54) is 13.3 Å². The van der Waals surface area contributed by atoms with Crippen LogP contribution in [0.3, 0.4) is 0 Å². The number of amides is 2. The topological polar surface area (TPSA) is 98.3 Å². The average Bonchev–Trinajstić information content (AvgIpc) is 2.87. The van der Waals surface area contributed by atoms with Crippen molar-refractivity contribution in [3.63, 3.8) is 0 Å². The number of anilines is 1. The summed E-state index contributed by atoms with van der Waals surface area (Å²) in [5.74, 6) is 0.836. The molecule has 3 aromatic carbocycles. The highest BCUT2D eigenvalue weighted by Crippen LogP contribution is 2.27. The molecule has 8 nitrogen and oxygen atoms in total. The fraction of sp³-hybridized carbons (Fsp3) is 0.250. The third-order valence-electron chi connectivity index (χ3n) is 5.17. The zero-order chi connectivity index (χ0) is 25.9. The SMILES string of the molecule is CCc1cc(C)cc(OCC(=O)N/N=C\c2ccc(OCC(=O)Nc3ccc(C)cc3)c(OC)c2)c1. The Balaban J connectivity index is 1.49. The lowest BCUT2D eigenvalue weighted by Crippen LogP contribution is -2.24. The van der Waals surface area contributed by atoms with Gasteiger partial charge in [-0.1, -0.05) is 30.7 Å². The van der Waals surface area contributed by atoms with Gasteiger partial charge in [-0.25, -0.2) is 5.43 Å². The highest BCUT2D eigenvalue weighted by Gasteiger charge is 2.09. The Morgan fingerprint density at radius 3 is 2.33 bits per heavy atom. The number of carbonyl (C=O) groups excluding carboxylic acids is 2. The Morgan fingerprint density at radius 2 is 1.61 bits per heavy atom. The molecule has 188 valence electrons. The van der Waals surface area contributed by atoms with Gasteiger partial charge in [0.25, 0.3) is 11.8 Å². The van der Waals surface area contributed by atoms with Crippen molar-refractivity contribution in [2.75, 3.05) is 25.6 Å². The summed E-state index contributed by atoms with van der Waals surface area (Å²) < 4.78 is 16.6. The molecule has 0 aromatic heterocycles. The number of aryl methyl sites for hydroxylation is 3. The minimum absolute atomic E-state index is 0.148. The molecular formula is C28H31N3O5. The van der Waals surface area contributed by atoms with Crippen LogP contribution >= 0.6 is 0 Å². The summed E-state index contributed by atoms with van der Waals surface area (Å²) in [5, 5.41) is 6.75. The molecule has 2 N–H and O–H groups in total. The van der Waals surface area contributed by atoms with Gasteiger partial charge in [-0.3, -0.25) is 9.59 Å². The van der Waals surface area contributed by atoms with Crippen LogP contribution < -0.4 is 25.0 Å². The smallest absolute Gasteiger partial charge is 0.277 e. The van der Waals surface area contributed by atoms with E-state index in [4.69, 9.17) is 14.2 Å². The van der Waals surface area contributed by atoms with Gasteiger partial charge in [0, 0.05) is 5.69 Å². The number of carbonyl (C=O) groups is 2. The van der Waals surface area contributed by atoms with Gasteiger partial charge in [0.2, 0.25) is 0 Å². The van der Waals surface area contributed by atoms with Crippen LogP contribution in [0.4, 0.5) is 5.69 Å². The Kier molecular flexibility index (Phi) is 9.45. The van der Waals surface area contributed by atoms with Gasteiger partial charge in [0.15, 0.2) is 24.7 Å². The van der Waals surface area contributed by atoms with Crippen molar-refractivity contribution in [1.29, 1.82) is 0 Å². The van der Waals surface area contributed by atoms with Crippen molar-refractivity contribution in [1.82, 2.24) is 5.43 Å². The molecule has 0 fully saturated rings. The molecule has 0 spiro atoms. The number of nitrogens with zero attached hydrogens (tertiary/aromatic N) is 1. The molecule has 0 aliphatic heterocycles. The highest BCUT2D eigenvalue weighted by atomic mass is 16.5. The number of methoxy groups -OCH3 is 1. The zero-order valence-corrected chi connectivity index (χ0v) is 21.0. The van der Waals surface area contributed by atoms with Crippen LogP contribution in [0.15, 0.2) is 65.8 Å². The van der Waals surface area contributed by atoms with E-state index in [-0.39, 0.29) is 25.0 Å². The number of nitrogens with one attached hydrogen (secondary N) is 2. The van der Waals surface area contributed by atoms with E-state index in [1.807, 2.05) is 50.2 Å². The second-order valence-electron chi connectivity index (χ2n) is 8.20. The lowest BCUT2D eigenvalue weighted by atomic mass is 10.1. The number of hydrogen-bond acceptors (Lipinski definition) is 6. The van der Waals surface area contributed by atoms with Crippen molar-refractivity contribution in [3.8, 4) is 17.2 Å². The normalized spacial score (nSPS) is 10.7. The van der Waals surface area contributed by atoms with Crippen LogP contribution in [0.2, 0.25) is 0 Å². The van der Waals surface area contributed by atoms with Gasteiger partial charge in [0.05, 0.1) is 13.3 Å². The van der Waals surface area contributed by atoms with Crippen LogP contribution in [-0.4, -0.2) is 38.4 Å². The standard InChI is InChI=1S/C28H31N3O5/c1-5-21-12-20(3)13-24(14-21)35-18-28(33)31-29-16-22-8-11-25(26(15-22)34-4)36-17-27(32)30-23-9-6-19(2)7-10-23/h6-16H,5,17-18H2,1-4H3,(H,30,32)(H,31,33)/b29-16-. The van der Waals surface area contributed by atoms with Crippen LogP contribution in [0.25, 0.3) is 0 Å². The van der Waals surface area contributed by atoms with E-state index in [0.29, 0.717) is 28.5 Å². The molecule has 2 amide bonds. The summed E-state index contributed by atoms with van der Waals surface area (Å²) in [6, 6.07) is 18.5. The molecule has 3 rings (SSSR count). The monoisotopic (exact) mass is 489 g/mol. The predicted octanol–water partition coefficient (Wildman–Crippen LogP) is 4.42. The lowest BCUT2D eigenvalue weighted by Gasteiger charge is -2.11. The molecule has 0 saturated carbocycles. The fourth-order valence-corrected chi connectivity index (χ4v) is 3.33. The quantitative estimate of drug-likeness (QED) is 0.307. The number of benzene rings is 3. The molecule has 3 aromatic rings. The van der Waals surface area contributed by atoms with Crippen LogP contribution in [0, 0.1) is 13.8 Å². The maximum Gasteiger partial charge on any atom is 0.277 e. The van der Waals surface area contributed by atoms with Gasteiger partial charge in [-0.15, -0.1) is 0 Å². The molecule has 0 aliphatic rings. The van der Waals surface area contributed by atoms with E-state index < -0.39 is 0 Å². The molecule has 0 heterocycles. The van der Waals surface area contributed by atoms with Gasteiger partial charge < -0.3 is 19.5 Å². The third kappa shape index (κ3) is 8.16. The number of ether oxygens (including phenoxy) is 3. The van der Waals surface area contributed by atoms with Crippen LogP contribution in [0.1, 0.15) is 29.2 Å². The number of hydrogen-bond donors (Lipinski definition) is 2. The largest absolute Gasteiger partial charge is 0.493 e. The summed E-state index contributed by atoms with van der Waals surface area (Å²) in [6.07, 6.45) is 2.37. The second kappa shape index (κ2) is 12.9. The zero-order valence-electron chi connectivity index (χ0n) is 21.0. The first-order chi connectivity index (χ1) is 17.4. The second-order valence-corrected chi connectivity index (χ2v) is 8.20. The van der Waals surface area contributed by atoms with Crippen molar-refractivity contribution in [2.45, 2.75) is 27.2 Å². The van der Waals surface area contributed by atoms with Crippen molar-refractivity contribution < 1.29 is 23.8 Å². The van der Waals surface area contributed by atoms with E-state index >= 15 is 0 Å². The van der Waals surface area contributed by atoms with Crippen molar-refractivity contribution in [3.05, 3.63) is 82.9 Å². The Labute approximate surface area is 211 Å². The maximum absolute atomic E-state index is 12.2. The summed E-state index contributed by atoms with van der Waals surface area (Å²) in [7, 11) is 1.50. The maximum atomic E-state index is 12.2. The average molecular weight is 490 g/mol. The van der Waals surface area contributed by atoms with Gasteiger partial charge in [0.1, 0.15) is 5.75 Å². The van der Waals surface area contributed by atoms with Gasteiger partial charge >= 0.3 is 0 Å². The fourth-order valence-electron chi connectivity index (χ4n) is 3.33. The first-order valence-corrected chi connectivity index (χ1v) is 11.6. The van der Waals surface area contributed by atoms with Gasteiger partial charge in [-0.2, -0.15) is 5.10 Å². The van der Waals surface area contributed by atoms with Crippen molar-refractivity contribution >= 4 is 23.7 Å². The van der Waals surface area contributed by atoms with E-state index in [1.54, 1.807) is 18.2 Å². The Morgan fingerprint density at radius 1 is 0.861 bits per heavy atom. The van der Waals surface area contributed by atoms with E-state index in [2.05, 4.69) is 28.8 Å². The van der Waals surface area contributed by atoms with E-state index in [9.17, 15) is 9.59 Å². The predicted molar refractivity (Wildman–Crippen MR) is 140 cm³/mol. The Hall–Kier alpha value is -4.33. The molecule has 0 aliphatic carbocycles. The number of rotatable bonds is 11. The van der Waals surface area contributed by atoms with Crippen molar-refractivity contribution in [2.24, 2.45) is 5.10 Å².